The second kappa shape index (κ2) is 6.59. The molecule has 1 amide bonds. The maximum atomic E-state index is 13.0. The molecule has 0 aliphatic heterocycles. The van der Waals surface area contributed by atoms with Crippen LogP contribution >= 0.6 is 0 Å². The van der Waals surface area contributed by atoms with Crippen LogP contribution in [0.4, 0.5) is 11.4 Å². The van der Waals surface area contributed by atoms with Gasteiger partial charge in [-0.1, -0.05) is 48.5 Å². The number of carbonyl (C=O) groups excluding carboxylic acids is 1. The van der Waals surface area contributed by atoms with Crippen molar-refractivity contribution in [3.05, 3.63) is 96.1 Å². The van der Waals surface area contributed by atoms with Crippen molar-refractivity contribution in [2.75, 3.05) is 4.90 Å². The first-order chi connectivity index (χ1) is 11.3. The lowest BCUT2D eigenvalue weighted by Crippen LogP contribution is -2.26. The molecule has 0 heterocycles. The summed E-state index contributed by atoms with van der Waals surface area (Å²) in [6.45, 7) is 0. The van der Waals surface area contributed by atoms with Gasteiger partial charge in [0.1, 0.15) is 6.07 Å². The van der Waals surface area contributed by atoms with Crippen LogP contribution in [0.15, 0.2) is 84.9 Å². The average molecular weight is 298 g/mol. The van der Waals surface area contributed by atoms with E-state index in [4.69, 9.17) is 0 Å². The van der Waals surface area contributed by atoms with E-state index in [0.29, 0.717) is 16.8 Å². The Labute approximate surface area is 135 Å². The number of hydrogen-bond donors (Lipinski definition) is 0. The van der Waals surface area contributed by atoms with E-state index < -0.39 is 0 Å². The van der Waals surface area contributed by atoms with Gasteiger partial charge in [0.2, 0.25) is 0 Å². The molecule has 3 rings (SSSR count). The fraction of sp³-hybridized carbons (Fsp3) is 0. The Morgan fingerprint density at radius 3 is 2.00 bits per heavy atom. The molecule has 3 heteroatoms. The fourth-order valence-electron chi connectivity index (χ4n) is 2.42. The lowest BCUT2D eigenvalue weighted by Gasteiger charge is -2.24. The van der Waals surface area contributed by atoms with Gasteiger partial charge < -0.3 is 0 Å². The van der Waals surface area contributed by atoms with Crippen molar-refractivity contribution in [1.29, 1.82) is 5.26 Å². The maximum absolute atomic E-state index is 13.0. The third kappa shape index (κ3) is 2.97. The summed E-state index contributed by atoms with van der Waals surface area (Å²) in [6, 6.07) is 27.7. The smallest absolute Gasteiger partial charge is 0.262 e. The predicted octanol–water partition coefficient (Wildman–Crippen LogP) is 4.54. The van der Waals surface area contributed by atoms with Crippen LogP contribution in [-0.2, 0) is 0 Å². The summed E-state index contributed by atoms with van der Waals surface area (Å²) >= 11 is 0. The highest BCUT2D eigenvalue weighted by Crippen LogP contribution is 2.30. The Morgan fingerprint density at radius 1 is 0.783 bits per heavy atom. The Hall–Kier alpha value is -3.38. The van der Waals surface area contributed by atoms with E-state index in [-0.39, 0.29) is 5.91 Å². The summed E-state index contributed by atoms with van der Waals surface area (Å²) in [4.78, 5) is 14.6. The second-order valence-corrected chi connectivity index (χ2v) is 4.97. The molecule has 3 aromatic carbocycles. The topological polar surface area (TPSA) is 44.1 Å². The monoisotopic (exact) mass is 298 g/mol. The molecule has 0 fully saturated rings. The Kier molecular flexibility index (Phi) is 4.17. The number of rotatable bonds is 3. The Morgan fingerprint density at radius 2 is 1.35 bits per heavy atom. The molecule has 0 saturated heterocycles. The number of benzene rings is 3. The van der Waals surface area contributed by atoms with E-state index in [9.17, 15) is 10.1 Å². The number of para-hydroxylation sites is 2. The Balaban J connectivity index is 2.16. The van der Waals surface area contributed by atoms with E-state index in [1.807, 2.05) is 54.6 Å². The van der Waals surface area contributed by atoms with Gasteiger partial charge in [0.25, 0.3) is 5.91 Å². The lowest BCUT2D eigenvalue weighted by molar-refractivity contribution is 0.0999. The zero-order chi connectivity index (χ0) is 16.1. The van der Waals surface area contributed by atoms with E-state index >= 15 is 0 Å². The van der Waals surface area contributed by atoms with Gasteiger partial charge in [-0.05, 0) is 36.4 Å². The van der Waals surface area contributed by atoms with Gasteiger partial charge in [-0.2, -0.15) is 5.26 Å². The largest absolute Gasteiger partial charge is 0.276 e. The molecule has 0 aromatic heterocycles. The van der Waals surface area contributed by atoms with Crippen molar-refractivity contribution in [1.82, 2.24) is 0 Å². The second-order valence-electron chi connectivity index (χ2n) is 4.97. The van der Waals surface area contributed by atoms with Crippen LogP contribution in [0, 0.1) is 11.3 Å². The zero-order valence-corrected chi connectivity index (χ0v) is 12.4. The van der Waals surface area contributed by atoms with Crippen LogP contribution in [0.25, 0.3) is 0 Å². The summed E-state index contributed by atoms with van der Waals surface area (Å²) in [7, 11) is 0. The number of amides is 1. The molecule has 0 spiro atoms. The standard InChI is InChI=1S/C20H14N2O/c21-15-17-11-7-8-14-19(17)22(18-12-5-2-6-13-18)20(23)16-9-3-1-4-10-16/h1-14H. The van der Waals surface area contributed by atoms with Crippen LogP contribution < -0.4 is 4.90 Å². The number of nitriles is 1. The summed E-state index contributed by atoms with van der Waals surface area (Å²) < 4.78 is 0. The van der Waals surface area contributed by atoms with Gasteiger partial charge in [-0.15, -0.1) is 0 Å². The predicted molar refractivity (Wildman–Crippen MR) is 90.5 cm³/mol. The van der Waals surface area contributed by atoms with Crippen molar-refractivity contribution < 1.29 is 4.79 Å². The minimum atomic E-state index is -0.167. The minimum absolute atomic E-state index is 0.167. The molecule has 3 aromatic rings. The summed E-state index contributed by atoms with van der Waals surface area (Å²) in [5.74, 6) is -0.167. The van der Waals surface area contributed by atoms with E-state index in [1.165, 1.54) is 0 Å². The quantitative estimate of drug-likeness (QED) is 0.712. The Bertz CT molecular complexity index is 852. The first-order valence-corrected chi connectivity index (χ1v) is 7.25. The highest BCUT2D eigenvalue weighted by Gasteiger charge is 2.21. The number of carbonyl (C=O) groups is 1. The van der Waals surface area contributed by atoms with E-state index in [1.54, 1.807) is 35.2 Å². The van der Waals surface area contributed by atoms with Gasteiger partial charge >= 0.3 is 0 Å². The SMILES string of the molecule is N#Cc1ccccc1N(C(=O)c1ccccc1)c1ccccc1. The van der Waals surface area contributed by atoms with Crippen molar-refractivity contribution in [3.63, 3.8) is 0 Å². The number of anilines is 2. The highest BCUT2D eigenvalue weighted by atomic mass is 16.2. The summed E-state index contributed by atoms with van der Waals surface area (Å²) in [5.41, 5.74) is 2.34. The lowest BCUT2D eigenvalue weighted by atomic mass is 10.1. The van der Waals surface area contributed by atoms with Crippen molar-refractivity contribution >= 4 is 17.3 Å². The molecule has 3 nitrogen and oxygen atoms in total. The van der Waals surface area contributed by atoms with Crippen LogP contribution in [0.3, 0.4) is 0 Å². The minimum Gasteiger partial charge on any atom is -0.276 e. The van der Waals surface area contributed by atoms with E-state index in [2.05, 4.69) is 6.07 Å². The van der Waals surface area contributed by atoms with Gasteiger partial charge in [0.05, 0.1) is 11.3 Å². The molecular weight excluding hydrogens is 284 g/mol. The summed E-state index contributed by atoms with van der Waals surface area (Å²) in [6.07, 6.45) is 0. The summed E-state index contributed by atoms with van der Waals surface area (Å²) in [5, 5.41) is 9.38. The number of hydrogen-bond acceptors (Lipinski definition) is 2. The van der Waals surface area contributed by atoms with Gasteiger partial charge in [-0.3, -0.25) is 9.69 Å². The molecule has 23 heavy (non-hydrogen) atoms. The maximum Gasteiger partial charge on any atom is 0.262 e. The normalized spacial score (nSPS) is 9.87. The molecule has 0 aliphatic rings. The molecule has 0 atom stereocenters. The van der Waals surface area contributed by atoms with Crippen LogP contribution in [-0.4, -0.2) is 5.91 Å². The zero-order valence-electron chi connectivity index (χ0n) is 12.4. The first kappa shape index (κ1) is 14.6. The van der Waals surface area contributed by atoms with Crippen LogP contribution in [0.5, 0.6) is 0 Å². The first-order valence-electron chi connectivity index (χ1n) is 7.25. The van der Waals surface area contributed by atoms with Gasteiger partial charge in [0, 0.05) is 11.3 Å². The highest BCUT2D eigenvalue weighted by molar-refractivity contribution is 6.11. The van der Waals surface area contributed by atoms with Crippen LogP contribution in [0.2, 0.25) is 0 Å². The van der Waals surface area contributed by atoms with Crippen LogP contribution in [0.1, 0.15) is 15.9 Å². The van der Waals surface area contributed by atoms with Gasteiger partial charge in [0.15, 0.2) is 0 Å². The molecule has 0 bridgehead atoms. The molecule has 0 unspecified atom stereocenters. The third-order valence-corrected chi connectivity index (χ3v) is 3.50. The van der Waals surface area contributed by atoms with Crippen molar-refractivity contribution in [2.24, 2.45) is 0 Å². The fourth-order valence-corrected chi connectivity index (χ4v) is 2.42. The number of nitrogens with zero attached hydrogens (tertiary/aromatic N) is 2. The molecule has 0 aliphatic carbocycles. The van der Waals surface area contributed by atoms with Crippen molar-refractivity contribution in [2.45, 2.75) is 0 Å². The molecule has 0 saturated carbocycles. The molecule has 0 radical (unpaired) electrons. The molecule has 0 N–H and O–H groups in total. The van der Waals surface area contributed by atoms with E-state index in [0.717, 1.165) is 5.69 Å². The molecule has 110 valence electrons. The van der Waals surface area contributed by atoms with Gasteiger partial charge in [-0.25, -0.2) is 0 Å². The average Bonchev–Trinajstić information content (AvgIpc) is 2.64. The third-order valence-electron chi connectivity index (χ3n) is 3.50. The van der Waals surface area contributed by atoms with Crippen molar-refractivity contribution in [3.8, 4) is 6.07 Å². The molecular formula is C20H14N2O.